The summed E-state index contributed by atoms with van der Waals surface area (Å²) >= 11 is 0. The highest BCUT2D eigenvalue weighted by atomic mass is 19.4. The van der Waals surface area contributed by atoms with Crippen LogP contribution in [0.25, 0.3) is 5.69 Å². The molecule has 1 saturated carbocycles. The second kappa shape index (κ2) is 8.62. The van der Waals surface area contributed by atoms with Crippen LogP contribution >= 0.6 is 0 Å². The maximum atomic E-state index is 12.2. The summed E-state index contributed by atoms with van der Waals surface area (Å²) in [5, 5.41) is 6.54. The zero-order chi connectivity index (χ0) is 21.8. The van der Waals surface area contributed by atoms with Gasteiger partial charge in [-0.05, 0) is 37.5 Å². The molecule has 2 N–H and O–H groups in total. The fourth-order valence-corrected chi connectivity index (χ4v) is 3.48. The molecule has 0 amide bonds. The Bertz CT molecular complexity index is 1070. The molecular weight excluding hydrogens is 413 g/mol. The lowest BCUT2D eigenvalue weighted by Crippen LogP contribution is -2.22. The molecule has 0 aromatic carbocycles. The first-order valence-corrected chi connectivity index (χ1v) is 9.61. The normalized spacial score (nSPS) is 18.5. The molecule has 3 heterocycles. The van der Waals surface area contributed by atoms with Crippen molar-refractivity contribution in [2.45, 2.75) is 37.7 Å². The third-order valence-corrected chi connectivity index (χ3v) is 4.83. The Hall–Kier alpha value is -3.63. The Kier molecular flexibility index (Phi) is 5.74. The number of anilines is 2. The van der Waals surface area contributed by atoms with Crippen molar-refractivity contribution in [1.82, 2.24) is 19.5 Å². The molecule has 4 rings (SSSR count). The zero-order valence-corrected chi connectivity index (χ0v) is 16.2. The second-order valence-corrected chi connectivity index (χ2v) is 7.09. The fourth-order valence-electron chi connectivity index (χ4n) is 3.48. The lowest BCUT2D eigenvalue weighted by atomic mass is 10.2. The molecule has 0 bridgehead atoms. The van der Waals surface area contributed by atoms with E-state index in [9.17, 15) is 18.0 Å². The molecule has 1 aliphatic rings. The molecule has 8 nitrogen and oxygen atoms in total. The summed E-state index contributed by atoms with van der Waals surface area (Å²) < 4.78 is 41.8. The van der Waals surface area contributed by atoms with Crippen LogP contribution in [0.2, 0.25) is 0 Å². The molecule has 1 aliphatic carbocycles. The third kappa shape index (κ3) is 5.50. The van der Waals surface area contributed by atoms with Crippen molar-refractivity contribution in [2.24, 2.45) is 0 Å². The highest BCUT2D eigenvalue weighted by Crippen LogP contribution is 2.26. The van der Waals surface area contributed by atoms with Gasteiger partial charge in [0, 0.05) is 24.3 Å². The SMILES string of the molecule is O=c1ccccn1-c1ccc(N[C@H]2CC[C@H](Nc3cnc(OC(F)(F)F)cn3)C2)nc1. The van der Waals surface area contributed by atoms with Gasteiger partial charge in [-0.15, -0.1) is 13.2 Å². The van der Waals surface area contributed by atoms with Crippen LogP contribution in [0.1, 0.15) is 19.3 Å². The van der Waals surface area contributed by atoms with E-state index < -0.39 is 12.2 Å². The van der Waals surface area contributed by atoms with Gasteiger partial charge in [-0.2, -0.15) is 0 Å². The standard InChI is InChI=1S/C20H19F3N6O2/c21-20(22,23)31-18-12-25-17(11-26-18)28-14-5-4-13(9-14)27-16-7-6-15(10-24-16)29-8-2-1-3-19(29)30/h1-3,6-8,10-14H,4-5,9H2,(H,24,27)(H,25,28)/t13-,14-/m0/s1. The van der Waals surface area contributed by atoms with Crippen LogP contribution in [0.15, 0.2) is 59.9 Å². The second-order valence-electron chi connectivity index (χ2n) is 7.09. The van der Waals surface area contributed by atoms with E-state index in [0.29, 0.717) is 17.3 Å². The summed E-state index contributed by atoms with van der Waals surface area (Å²) in [6.45, 7) is 0. The van der Waals surface area contributed by atoms with Gasteiger partial charge in [0.2, 0.25) is 5.88 Å². The number of rotatable bonds is 6. The molecule has 0 aliphatic heterocycles. The van der Waals surface area contributed by atoms with Gasteiger partial charge in [-0.1, -0.05) is 6.07 Å². The maximum absolute atomic E-state index is 12.2. The minimum Gasteiger partial charge on any atom is -0.386 e. The molecule has 2 atom stereocenters. The van der Waals surface area contributed by atoms with Gasteiger partial charge in [0.15, 0.2) is 0 Å². The predicted octanol–water partition coefficient (Wildman–Crippen LogP) is 3.37. The van der Waals surface area contributed by atoms with Gasteiger partial charge in [-0.3, -0.25) is 9.36 Å². The van der Waals surface area contributed by atoms with Crippen molar-refractivity contribution in [2.75, 3.05) is 10.6 Å². The molecule has 0 radical (unpaired) electrons. The average molecular weight is 432 g/mol. The number of hydrogen-bond donors (Lipinski definition) is 2. The Morgan fingerprint density at radius 1 is 0.935 bits per heavy atom. The van der Waals surface area contributed by atoms with E-state index in [4.69, 9.17) is 0 Å². The highest BCUT2D eigenvalue weighted by Gasteiger charge is 2.32. The quantitative estimate of drug-likeness (QED) is 0.617. The lowest BCUT2D eigenvalue weighted by Gasteiger charge is -2.16. The molecule has 11 heteroatoms. The number of ether oxygens (including phenoxy) is 1. The lowest BCUT2D eigenvalue weighted by molar-refractivity contribution is -0.276. The minimum atomic E-state index is -4.79. The largest absolute Gasteiger partial charge is 0.574 e. The summed E-state index contributed by atoms with van der Waals surface area (Å²) in [5.74, 6) is 0.485. The summed E-state index contributed by atoms with van der Waals surface area (Å²) in [6.07, 6.45) is 3.21. The monoisotopic (exact) mass is 432 g/mol. The minimum absolute atomic E-state index is 0.100. The summed E-state index contributed by atoms with van der Waals surface area (Å²) in [5.41, 5.74) is 0.550. The number of alkyl halides is 3. The smallest absolute Gasteiger partial charge is 0.386 e. The van der Waals surface area contributed by atoms with Gasteiger partial charge in [0.25, 0.3) is 5.56 Å². The van der Waals surface area contributed by atoms with Crippen molar-refractivity contribution in [3.63, 3.8) is 0 Å². The van der Waals surface area contributed by atoms with Crippen molar-refractivity contribution >= 4 is 11.6 Å². The molecule has 31 heavy (non-hydrogen) atoms. The van der Waals surface area contributed by atoms with Crippen molar-refractivity contribution in [3.05, 3.63) is 65.5 Å². The van der Waals surface area contributed by atoms with E-state index in [1.807, 2.05) is 12.1 Å². The third-order valence-electron chi connectivity index (χ3n) is 4.83. The van der Waals surface area contributed by atoms with E-state index in [1.54, 1.807) is 24.5 Å². The van der Waals surface area contributed by atoms with Crippen molar-refractivity contribution in [1.29, 1.82) is 0 Å². The molecular formula is C20H19F3N6O2. The number of pyridine rings is 2. The summed E-state index contributed by atoms with van der Waals surface area (Å²) in [7, 11) is 0. The fraction of sp³-hybridized carbons (Fsp3) is 0.300. The number of halogens is 3. The number of aromatic nitrogens is 4. The number of nitrogens with one attached hydrogen (secondary N) is 2. The van der Waals surface area contributed by atoms with Crippen LogP contribution < -0.4 is 20.9 Å². The van der Waals surface area contributed by atoms with Gasteiger partial charge in [-0.25, -0.2) is 15.0 Å². The van der Waals surface area contributed by atoms with Gasteiger partial charge < -0.3 is 15.4 Å². The summed E-state index contributed by atoms with van der Waals surface area (Å²) in [4.78, 5) is 23.8. The van der Waals surface area contributed by atoms with E-state index in [1.165, 1.54) is 16.8 Å². The Morgan fingerprint density at radius 2 is 1.68 bits per heavy atom. The van der Waals surface area contributed by atoms with Gasteiger partial charge in [0.1, 0.15) is 11.6 Å². The molecule has 1 fully saturated rings. The molecule has 162 valence electrons. The molecule has 3 aromatic heterocycles. The van der Waals surface area contributed by atoms with Crippen LogP contribution in [0.4, 0.5) is 24.8 Å². The van der Waals surface area contributed by atoms with E-state index in [-0.39, 0.29) is 17.6 Å². The van der Waals surface area contributed by atoms with Crippen molar-refractivity contribution < 1.29 is 17.9 Å². The first-order valence-electron chi connectivity index (χ1n) is 9.61. The Labute approximate surface area is 175 Å². The van der Waals surface area contributed by atoms with Crippen molar-refractivity contribution in [3.8, 4) is 11.6 Å². The first-order chi connectivity index (χ1) is 14.9. The van der Waals surface area contributed by atoms with Gasteiger partial charge in [0.05, 0.1) is 24.3 Å². The van der Waals surface area contributed by atoms with E-state index in [0.717, 1.165) is 25.5 Å². The predicted molar refractivity (Wildman–Crippen MR) is 107 cm³/mol. The van der Waals surface area contributed by atoms with Gasteiger partial charge >= 0.3 is 6.36 Å². The molecule has 0 saturated heterocycles. The maximum Gasteiger partial charge on any atom is 0.574 e. The van der Waals surface area contributed by atoms with Crippen LogP contribution in [-0.4, -0.2) is 38.0 Å². The Morgan fingerprint density at radius 3 is 2.29 bits per heavy atom. The Balaban J connectivity index is 1.30. The highest BCUT2D eigenvalue weighted by molar-refractivity contribution is 5.42. The zero-order valence-electron chi connectivity index (χ0n) is 16.2. The topological polar surface area (TPSA) is 94.0 Å². The molecule has 3 aromatic rings. The molecule has 0 unspecified atom stereocenters. The van der Waals surface area contributed by atoms with Crippen LogP contribution in [0.5, 0.6) is 5.88 Å². The number of nitrogens with zero attached hydrogens (tertiary/aromatic N) is 4. The van der Waals surface area contributed by atoms with Crippen LogP contribution in [0.3, 0.4) is 0 Å². The summed E-state index contributed by atoms with van der Waals surface area (Å²) in [6, 6.07) is 8.87. The van der Waals surface area contributed by atoms with E-state index >= 15 is 0 Å². The number of hydrogen-bond acceptors (Lipinski definition) is 7. The average Bonchev–Trinajstić information content (AvgIpc) is 3.16. The first kappa shape index (κ1) is 20.6. The van der Waals surface area contributed by atoms with Crippen LogP contribution in [-0.2, 0) is 0 Å². The van der Waals surface area contributed by atoms with Crippen LogP contribution in [0, 0.1) is 0 Å². The van der Waals surface area contributed by atoms with E-state index in [2.05, 4.69) is 30.3 Å². The molecule has 0 spiro atoms.